The van der Waals surface area contributed by atoms with E-state index in [2.05, 4.69) is 17.9 Å². The van der Waals surface area contributed by atoms with Gasteiger partial charge in [-0.25, -0.2) is 0 Å². The largest absolute Gasteiger partial charge is 0.497 e. The molecular weight excluding hydrogens is 288 g/mol. The van der Waals surface area contributed by atoms with E-state index in [-0.39, 0.29) is 29.2 Å². The number of ether oxygens (including phenoxy) is 1. The first-order valence-electron chi connectivity index (χ1n) is 8.45. The van der Waals surface area contributed by atoms with Gasteiger partial charge in [0.2, 0.25) is 0 Å². The summed E-state index contributed by atoms with van der Waals surface area (Å²) in [4.78, 5) is 15.6. The lowest BCUT2D eigenvalue weighted by molar-refractivity contribution is -0.00920. The summed E-state index contributed by atoms with van der Waals surface area (Å²) in [5.74, 6) is 1.09. The normalized spacial score (nSPS) is 45.5. The standard InChI is InChI=1S/C19H20N2O2/c1-18-6-3-7-19(9-20)16(18)14-15(22)13-8-11(23-2)4-5-12(13)17(19)21(14)10-18/h4-5,8,14,16-17H,3,6-7,10H2,1-2H3/t14-,16+,17+,18-,19?/m0/s1. The molecule has 0 amide bonds. The number of benzene rings is 1. The van der Waals surface area contributed by atoms with E-state index in [4.69, 9.17) is 4.74 Å². The first kappa shape index (κ1) is 13.6. The number of hydrogen-bond acceptors (Lipinski definition) is 4. The molecule has 0 radical (unpaired) electrons. The van der Waals surface area contributed by atoms with Crippen LogP contribution in [0.15, 0.2) is 18.2 Å². The highest BCUT2D eigenvalue weighted by Gasteiger charge is 2.74. The molecular formula is C19H20N2O2. The lowest BCUT2D eigenvalue weighted by atomic mass is 9.53. The summed E-state index contributed by atoms with van der Waals surface area (Å²) in [7, 11) is 1.63. The van der Waals surface area contributed by atoms with E-state index in [1.54, 1.807) is 7.11 Å². The average Bonchev–Trinajstić information content (AvgIpc) is 2.99. The average molecular weight is 308 g/mol. The Hall–Kier alpha value is -1.86. The number of hydrogen-bond donors (Lipinski definition) is 0. The van der Waals surface area contributed by atoms with Crippen molar-refractivity contribution >= 4 is 5.78 Å². The Morgan fingerprint density at radius 1 is 1.39 bits per heavy atom. The predicted octanol–water partition coefficient (Wildman–Crippen LogP) is 2.95. The summed E-state index contributed by atoms with van der Waals surface area (Å²) >= 11 is 0. The van der Waals surface area contributed by atoms with Crippen molar-refractivity contribution in [1.29, 1.82) is 5.26 Å². The Balaban J connectivity index is 1.78. The predicted molar refractivity (Wildman–Crippen MR) is 84.1 cm³/mol. The van der Waals surface area contributed by atoms with Crippen LogP contribution >= 0.6 is 0 Å². The molecule has 3 heterocycles. The molecule has 1 aromatic carbocycles. The summed E-state index contributed by atoms with van der Waals surface area (Å²) in [6.07, 6.45) is 3.14. The van der Waals surface area contributed by atoms with Gasteiger partial charge in [-0.2, -0.15) is 5.26 Å². The van der Waals surface area contributed by atoms with E-state index < -0.39 is 5.41 Å². The van der Waals surface area contributed by atoms with Crippen molar-refractivity contribution in [1.82, 2.24) is 4.90 Å². The summed E-state index contributed by atoms with van der Waals surface area (Å²) in [6, 6.07) is 8.48. The molecule has 0 aromatic heterocycles. The molecule has 0 N–H and O–H groups in total. The van der Waals surface area contributed by atoms with Crippen LogP contribution in [0.4, 0.5) is 0 Å². The lowest BCUT2D eigenvalue weighted by Crippen LogP contribution is -2.50. The second kappa shape index (κ2) is 3.96. The van der Waals surface area contributed by atoms with Gasteiger partial charge >= 0.3 is 0 Å². The Bertz CT molecular complexity index is 782. The fraction of sp³-hybridized carbons (Fsp3) is 0.579. The fourth-order valence-electron chi connectivity index (χ4n) is 6.34. The van der Waals surface area contributed by atoms with E-state index in [9.17, 15) is 10.1 Å². The van der Waals surface area contributed by atoms with Crippen molar-refractivity contribution in [3.05, 3.63) is 29.3 Å². The van der Waals surface area contributed by atoms with E-state index in [0.717, 1.165) is 42.7 Å². The van der Waals surface area contributed by atoms with Crippen molar-refractivity contribution in [3.63, 3.8) is 0 Å². The highest BCUT2D eigenvalue weighted by molar-refractivity contribution is 6.04. The minimum Gasteiger partial charge on any atom is -0.497 e. The third kappa shape index (κ3) is 1.31. The van der Waals surface area contributed by atoms with Crippen LogP contribution < -0.4 is 4.74 Å². The van der Waals surface area contributed by atoms with Gasteiger partial charge in [0.15, 0.2) is 5.78 Å². The maximum Gasteiger partial charge on any atom is 0.180 e. The molecule has 1 aromatic rings. The molecule has 4 aliphatic rings. The minimum atomic E-state index is -0.397. The highest BCUT2D eigenvalue weighted by atomic mass is 16.5. The Kier molecular flexibility index (Phi) is 2.34. The molecule has 1 aliphatic carbocycles. The number of carbonyl (C=O) groups excluding carboxylic acids is 1. The summed E-state index contributed by atoms with van der Waals surface area (Å²) in [6.45, 7) is 3.24. The summed E-state index contributed by atoms with van der Waals surface area (Å²) in [5, 5.41) is 10.2. The van der Waals surface area contributed by atoms with Gasteiger partial charge in [0.1, 0.15) is 5.75 Å². The summed E-state index contributed by atoms with van der Waals surface area (Å²) in [5.41, 5.74) is 1.53. The molecule has 4 heteroatoms. The van der Waals surface area contributed by atoms with Gasteiger partial charge in [-0.15, -0.1) is 0 Å². The number of nitriles is 1. The van der Waals surface area contributed by atoms with Gasteiger partial charge in [0, 0.05) is 18.0 Å². The third-order valence-corrected chi connectivity index (χ3v) is 6.98. The van der Waals surface area contributed by atoms with Gasteiger partial charge in [0.05, 0.1) is 30.7 Å². The number of carbonyl (C=O) groups is 1. The zero-order chi connectivity index (χ0) is 16.0. The third-order valence-electron chi connectivity index (χ3n) is 6.98. The molecule has 2 saturated heterocycles. The molecule has 6 atom stereocenters. The zero-order valence-electron chi connectivity index (χ0n) is 13.5. The first-order chi connectivity index (χ1) is 11.1. The van der Waals surface area contributed by atoms with E-state index >= 15 is 0 Å². The number of nitrogens with zero attached hydrogens (tertiary/aromatic N) is 2. The summed E-state index contributed by atoms with van der Waals surface area (Å²) < 4.78 is 5.32. The van der Waals surface area contributed by atoms with Crippen LogP contribution in [-0.2, 0) is 0 Å². The number of piperidine rings is 1. The maximum atomic E-state index is 13.2. The second-order valence-electron chi connectivity index (χ2n) is 7.97. The monoisotopic (exact) mass is 308 g/mol. The van der Waals surface area contributed by atoms with Crippen LogP contribution in [0, 0.1) is 28.1 Å². The quantitative estimate of drug-likeness (QED) is 0.800. The molecule has 3 aliphatic heterocycles. The lowest BCUT2D eigenvalue weighted by Gasteiger charge is -2.51. The van der Waals surface area contributed by atoms with Crippen LogP contribution in [0.1, 0.15) is 48.1 Å². The molecule has 3 fully saturated rings. The smallest absolute Gasteiger partial charge is 0.180 e. The van der Waals surface area contributed by atoms with Crippen molar-refractivity contribution in [3.8, 4) is 11.8 Å². The SMILES string of the molecule is COc1ccc2c(c1)C(=O)[C@H]1[C@H]3C4(C#N)CCC[C@@]3(C)CN1[C@H]24. The van der Waals surface area contributed by atoms with Crippen LogP contribution in [0.25, 0.3) is 0 Å². The molecule has 1 saturated carbocycles. The fourth-order valence-corrected chi connectivity index (χ4v) is 6.34. The van der Waals surface area contributed by atoms with Crippen LogP contribution in [-0.4, -0.2) is 30.4 Å². The van der Waals surface area contributed by atoms with Gasteiger partial charge < -0.3 is 4.74 Å². The molecule has 2 unspecified atom stereocenters. The molecule has 23 heavy (non-hydrogen) atoms. The Morgan fingerprint density at radius 3 is 2.96 bits per heavy atom. The molecule has 5 rings (SSSR count). The number of methoxy groups -OCH3 is 1. The maximum absolute atomic E-state index is 13.2. The molecule has 4 bridgehead atoms. The number of ketones is 1. The van der Waals surface area contributed by atoms with E-state index in [1.165, 1.54) is 0 Å². The van der Waals surface area contributed by atoms with Crippen LogP contribution in [0.2, 0.25) is 0 Å². The van der Waals surface area contributed by atoms with Gasteiger partial charge in [-0.3, -0.25) is 9.69 Å². The van der Waals surface area contributed by atoms with E-state index in [1.807, 2.05) is 18.2 Å². The van der Waals surface area contributed by atoms with Crippen LogP contribution in [0.3, 0.4) is 0 Å². The van der Waals surface area contributed by atoms with Gasteiger partial charge in [0.25, 0.3) is 0 Å². The number of fused-ring (bicyclic) bond motifs is 3. The van der Waals surface area contributed by atoms with E-state index in [0.29, 0.717) is 0 Å². The van der Waals surface area contributed by atoms with Crippen molar-refractivity contribution in [2.24, 2.45) is 16.7 Å². The zero-order valence-corrected chi connectivity index (χ0v) is 13.5. The molecule has 0 spiro atoms. The molecule has 118 valence electrons. The van der Waals surface area contributed by atoms with Gasteiger partial charge in [-0.1, -0.05) is 19.4 Å². The van der Waals surface area contributed by atoms with Crippen LogP contribution in [0.5, 0.6) is 5.75 Å². The van der Waals surface area contributed by atoms with Crippen molar-refractivity contribution in [2.45, 2.75) is 38.3 Å². The number of rotatable bonds is 1. The number of Topliss-reactive ketones (excluding diaryl/α,β-unsaturated/α-hetero) is 1. The second-order valence-corrected chi connectivity index (χ2v) is 7.97. The Morgan fingerprint density at radius 2 is 2.22 bits per heavy atom. The topological polar surface area (TPSA) is 53.3 Å². The Labute approximate surface area is 136 Å². The van der Waals surface area contributed by atoms with Crippen molar-refractivity contribution < 1.29 is 9.53 Å². The highest BCUT2D eigenvalue weighted by Crippen LogP contribution is 2.72. The molecule has 4 nitrogen and oxygen atoms in total. The van der Waals surface area contributed by atoms with Crippen molar-refractivity contribution in [2.75, 3.05) is 13.7 Å². The van der Waals surface area contributed by atoms with Gasteiger partial charge in [-0.05, 0) is 36.0 Å². The minimum absolute atomic E-state index is 0.0782. The first-order valence-corrected chi connectivity index (χ1v) is 8.45.